The third-order valence-corrected chi connectivity index (χ3v) is 5.12. The molecule has 5 nitrogen and oxygen atoms in total. The summed E-state index contributed by atoms with van der Waals surface area (Å²) in [6.07, 6.45) is 3.47. The van der Waals surface area contributed by atoms with Gasteiger partial charge in [0.05, 0.1) is 17.7 Å². The smallest absolute Gasteiger partial charge is 0.251 e. The number of piperidine rings is 1. The number of benzene rings is 1. The number of hydrogen-bond donors (Lipinski definition) is 3. The molecule has 0 spiro atoms. The van der Waals surface area contributed by atoms with Gasteiger partial charge < -0.3 is 15.7 Å². The van der Waals surface area contributed by atoms with Crippen LogP contribution in [0.2, 0.25) is 0 Å². The maximum Gasteiger partial charge on any atom is 0.251 e. The van der Waals surface area contributed by atoms with Crippen LogP contribution in [-0.4, -0.2) is 36.2 Å². The molecule has 3 rings (SSSR count). The van der Waals surface area contributed by atoms with E-state index in [1.165, 1.54) is 0 Å². The normalized spacial score (nSPS) is 25.9. The molecule has 1 saturated carbocycles. The van der Waals surface area contributed by atoms with Crippen molar-refractivity contribution in [3.63, 3.8) is 0 Å². The van der Waals surface area contributed by atoms with E-state index in [4.69, 9.17) is 5.26 Å². The summed E-state index contributed by atoms with van der Waals surface area (Å²) in [7, 11) is 0. The van der Waals surface area contributed by atoms with Gasteiger partial charge in [0.2, 0.25) is 0 Å². The Hall–Kier alpha value is -1.90. The van der Waals surface area contributed by atoms with Crippen molar-refractivity contribution < 1.29 is 9.90 Å². The summed E-state index contributed by atoms with van der Waals surface area (Å²) < 4.78 is 0. The second kappa shape index (κ2) is 7.12. The largest absolute Gasteiger partial charge is 0.393 e. The molecule has 0 bridgehead atoms. The number of hydrogen-bond acceptors (Lipinski definition) is 4. The molecule has 1 aliphatic heterocycles. The average molecular weight is 313 g/mol. The fourth-order valence-corrected chi connectivity index (χ4v) is 3.68. The molecular weight excluding hydrogens is 290 g/mol. The fourth-order valence-electron chi connectivity index (χ4n) is 3.68. The van der Waals surface area contributed by atoms with E-state index in [1.807, 2.05) is 0 Å². The lowest BCUT2D eigenvalue weighted by atomic mass is 9.71. The summed E-state index contributed by atoms with van der Waals surface area (Å²) >= 11 is 0. The zero-order chi connectivity index (χ0) is 16.2. The summed E-state index contributed by atoms with van der Waals surface area (Å²) in [6.45, 7) is 1.98. The molecule has 1 aromatic carbocycles. The Bertz CT molecular complexity index is 581. The van der Waals surface area contributed by atoms with Crippen LogP contribution in [0.4, 0.5) is 0 Å². The van der Waals surface area contributed by atoms with Gasteiger partial charge in [0.25, 0.3) is 5.91 Å². The monoisotopic (exact) mass is 313 g/mol. The van der Waals surface area contributed by atoms with Crippen LogP contribution in [0.25, 0.3) is 0 Å². The SMILES string of the molecule is N#Cc1ccc(C(=O)N[C@H](C2CCNCC2)C2CC(O)C2)cc1. The van der Waals surface area contributed by atoms with Crippen molar-refractivity contribution in [2.75, 3.05) is 13.1 Å². The van der Waals surface area contributed by atoms with E-state index in [0.717, 1.165) is 38.8 Å². The second-order valence-corrected chi connectivity index (χ2v) is 6.66. The first-order valence-electron chi connectivity index (χ1n) is 8.37. The summed E-state index contributed by atoms with van der Waals surface area (Å²) in [5.41, 5.74) is 1.14. The lowest BCUT2D eigenvalue weighted by Gasteiger charge is -2.43. The fraction of sp³-hybridized carbons (Fsp3) is 0.556. The molecule has 0 unspecified atom stereocenters. The number of nitriles is 1. The Morgan fingerprint density at radius 3 is 2.43 bits per heavy atom. The van der Waals surface area contributed by atoms with Crippen LogP contribution in [0.5, 0.6) is 0 Å². The molecule has 1 aliphatic carbocycles. The minimum absolute atomic E-state index is 0.0839. The third-order valence-electron chi connectivity index (χ3n) is 5.12. The van der Waals surface area contributed by atoms with Crippen molar-refractivity contribution in [3.05, 3.63) is 35.4 Å². The number of carbonyl (C=O) groups is 1. The first-order valence-corrected chi connectivity index (χ1v) is 8.37. The predicted octanol–water partition coefficient (Wildman–Crippen LogP) is 1.43. The summed E-state index contributed by atoms with van der Waals surface area (Å²) in [4.78, 5) is 12.6. The Balaban J connectivity index is 1.69. The molecule has 0 aromatic heterocycles. The first kappa shape index (κ1) is 16.0. The molecule has 3 N–H and O–H groups in total. The Morgan fingerprint density at radius 1 is 1.22 bits per heavy atom. The van der Waals surface area contributed by atoms with E-state index in [1.54, 1.807) is 24.3 Å². The lowest BCUT2D eigenvalue weighted by molar-refractivity contribution is 0.00919. The van der Waals surface area contributed by atoms with Crippen LogP contribution in [0.1, 0.15) is 41.6 Å². The second-order valence-electron chi connectivity index (χ2n) is 6.66. The van der Waals surface area contributed by atoms with Crippen LogP contribution in [0.15, 0.2) is 24.3 Å². The highest BCUT2D eigenvalue weighted by Crippen LogP contribution is 2.35. The third kappa shape index (κ3) is 3.72. The number of carbonyl (C=O) groups excluding carboxylic acids is 1. The molecular formula is C18H23N3O2. The number of nitrogens with zero attached hydrogens (tertiary/aromatic N) is 1. The topological polar surface area (TPSA) is 85.2 Å². The molecule has 1 atom stereocenters. The van der Waals surface area contributed by atoms with Crippen LogP contribution in [0.3, 0.4) is 0 Å². The summed E-state index contributed by atoms with van der Waals surface area (Å²) in [6, 6.07) is 8.92. The van der Waals surface area contributed by atoms with Crippen molar-refractivity contribution in [1.29, 1.82) is 5.26 Å². The zero-order valence-electron chi connectivity index (χ0n) is 13.2. The van der Waals surface area contributed by atoms with Gasteiger partial charge in [-0.05, 0) is 74.9 Å². The molecule has 0 radical (unpaired) electrons. The maximum atomic E-state index is 12.6. The molecule has 1 aromatic rings. The highest BCUT2D eigenvalue weighted by Gasteiger charge is 2.39. The minimum atomic E-state index is -0.212. The Kier molecular flexibility index (Phi) is 4.94. The number of aliphatic hydroxyl groups excluding tert-OH is 1. The van der Waals surface area contributed by atoms with E-state index in [2.05, 4.69) is 16.7 Å². The molecule has 122 valence electrons. The van der Waals surface area contributed by atoms with Gasteiger partial charge in [0.15, 0.2) is 0 Å². The lowest BCUT2D eigenvalue weighted by Crippen LogP contribution is -2.52. The average Bonchev–Trinajstić information content (AvgIpc) is 2.58. The van der Waals surface area contributed by atoms with E-state index in [0.29, 0.717) is 23.0 Å². The van der Waals surface area contributed by atoms with Crippen LogP contribution >= 0.6 is 0 Å². The van der Waals surface area contributed by atoms with Crippen molar-refractivity contribution in [3.8, 4) is 6.07 Å². The standard InChI is InChI=1S/C18H23N3O2/c19-11-12-1-3-14(4-2-12)18(23)21-17(15-9-16(22)10-15)13-5-7-20-8-6-13/h1-4,13,15-17,20,22H,5-10H2,(H,21,23)/t15?,16?,17-/m1/s1. The molecule has 2 aliphatic rings. The van der Waals surface area contributed by atoms with Gasteiger partial charge in [-0.1, -0.05) is 0 Å². The Morgan fingerprint density at radius 2 is 1.87 bits per heavy atom. The van der Waals surface area contributed by atoms with Crippen molar-refractivity contribution in [2.24, 2.45) is 11.8 Å². The summed E-state index contributed by atoms with van der Waals surface area (Å²) in [5, 5.41) is 25.0. The molecule has 1 saturated heterocycles. The highest BCUT2D eigenvalue weighted by molar-refractivity contribution is 5.94. The van der Waals surface area contributed by atoms with Gasteiger partial charge in [0.1, 0.15) is 0 Å². The number of rotatable bonds is 4. The van der Waals surface area contributed by atoms with E-state index < -0.39 is 0 Å². The van der Waals surface area contributed by atoms with E-state index >= 15 is 0 Å². The highest BCUT2D eigenvalue weighted by atomic mass is 16.3. The number of amides is 1. The van der Waals surface area contributed by atoms with Crippen molar-refractivity contribution >= 4 is 5.91 Å². The van der Waals surface area contributed by atoms with Crippen LogP contribution in [-0.2, 0) is 0 Å². The maximum absolute atomic E-state index is 12.6. The van der Waals surface area contributed by atoms with Gasteiger partial charge in [-0.15, -0.1) is 0 Å². The minimum Gasteiger partial charge on any atom is -0.393 e. The van der Waals surface area contributed by atoms with Gasteiger partial charge in [-0.2, -0.15) is 5.26 Å². The van der Waals surface area contributed by atoms with Gasteiger partial charge >= 0.3 is 0 Å². The molecule has 2 fully saturated rings. The quantitative estimate of drug-likeness (QED) is 0.785. The Labute approximate surface area is 136 Å². The van der Waals surface area contributed by atoms with E-state index in [9.17, 15) is 9.90 Å². The molecule has 1 heterocycles. The zero-order valence-corrected chi connectivity index (χ0v) is 13.2. The van der Waals surface area contributed by atoms with Crippen molar-refractivity contribution in [2.45, 2.75) is 37.8 Å². The van der Waals surface area contributed by atoms with Crippen LogP contribution in [0, 0.1) is 23.2 Å². The van der Waals surface area contributed by atoms with Gasteiger partial charge in [-0.25, -0.2) is 0 Å². The van der Waals surface area contributed by atoms with E-state index in [-0.39, 0.29) is 18.1 Å². The molecule has 23 heavy (non-hydrogen) atoms. The van der Waals surface area contributed by atoms with Gasteiger partial charge in [-0.3, -0.25) is 4.79 Å². The number of nitrogens with one attached hydrogen (secondary N) is 2. The van der Waals surface area contributed by atoms with Crippen molar-refractivity contribution in [1.82, 2.24) is 10.6 Å². The molecule has 1 amide bonds. The van der Waals surface area contributed by atoms with Gasteiger partial charge in [0, 0.05) is 11.6 Å². The van der Waals surface area contributed by atoms with Crippen LogP contribution < -0.4 is 10.6 Å². The number of aliphatic hydroxyl groups is 1. The predicted molar refractivity (Wildman–Crippen MR) is 86.7 cm³/mol. The molecule has 5 heteroatoms. The summed E-state index contributed by atoms with van der Waals surface area (Å²) in [5.74, 6) is 0.755. The first-order chi connectivity index (χ1) is 11.2.